The first-order valence-corrected chi connectivity index (χ1v) is 13.2. The summed E-state index contributed by atoms with van der Waals surface area (Å²) in [6.07, 6.45) is 0.115. The monoisotopic (exact) mass is 542 g/mol. The minimum absolute atomic E-state index is 0.0762. The maximum atomic E-state index is 13.3. The summed E-state index contributed by atoms with van der Waals surface area (Å²) in [5, 5.41) is 22.6. The topological polar surface area (TPSA) is 164 Å². The standard InChI is InChI=1S/C26H39O10P/c1-11-13-19(21(27)15(3)4)25(31,23(29)17(7)8)35-37(33,34)36-26(32,24(30)18(9)10)20(14-12-2)22(28)16(5)6/h19-20,31-32H,3,5,7,9,11-14H2,1-2,4,6,8,10H3,(H,33,34). The quantitative estimate of drug-likeness (QED) is 0.131. The zero-order valence-electron chi connectivity index (χ0n) is 22.5. The molecule has 0 radical (unpaired) electrons. The van der Waals surface area contributed by atoms with Crippen LogP contribution in [0.15, 0.2) is 48.6 Å². The molecule has 0 amide bonds. The SMILES string of the molecule is C=C(C)C(=O)C(CCC)C(O)(OP(=O)(O)OC(O)(C(=O)C(=C)C)C(CCC)C(=O)C(=C)C)C(=O)C(=C)C. The van der Waals surface area contributed by atoms with Crippen LogP contribution in [0.1, 0.15) is 67.2 Å². The number of carbonyl (C=O) groups excluding carboxylic acids is 4. The summed E-state index contributed by atoms with van der Waals surface area (Å²) in [5.41, 5.74) is -0.805. The van der Waals surface area contributed by atoms with E-state index in [9.17, 15) is 38.8 Å². The predicted molar refractivity (Wildman–Crippen MR) is 138 cm³/mol. The minimum atomic E-state index is -5.81. The Labute approximate surface area is 218 Å². The molecular weight excluding hydrogens is 503 g/mol. The molecule has 0 bridgehead atoms. The number of allylic oxidation sites excluding steroid dienone is 2. The van der Waals surface area contributed by atoms with Gasteiger partial charge >= 0.3 is 7.82 Å². The average molecular weight is 543 g/mol. The van der Waals surface area contributed by atoms with Crippen molar-refractivity contribution < 1.29 is 47.9 Å². The first kappa shape index (κ1) is 34.7. The lowest BCUT2D eigenvalue weighted by Gasteiger charge is -2.38. The molecule has 0 saturated heterocycles. The molecule has 0 fully saturated rings. The highest BCUT2D eigenvalue weighted by molar-refractivity contribution is 7.47. The van der Waals surface area contributed by atoms with Crippen LogP contribution in [0, 0.1) is 11.8 Å². The Hall–Kier alpha value is -2.33. The number of phosphoric acid groups is 1. The van der Waals surface area contributed by atoms with Crippen molar-refractivity contribution in [2.45, 2.75) is 78.8 Å². The van der Waals surface area contributed by atoms with E-state index in [1.807, 2.05) is 0 Å². The van der Waals surface area contributed by atoms with Crippen molar-refractivity contribution in [2.24, 2.45) is 11.8 Å². The average Bonchev–Trinajstić information content (AvgIpc) is 2.77. The Morgan fingerprint density at radius 2 is 0.973 bits per heavy atom. The zero-order chi connectivity index (χ0) is 29.5. The zero-order valence-corrected chi connectivity index (χ0v) is 23.4. The fraction of sp³-hybridized carbons (Fsp3) is 0.538. The van der Waals surface area contributed by atoms with Gasteiger partial charge in [0, 0.05) is 0 Å². The summed E-state index contributed by atoms with van der Waals surface area (Å²) >= 11 is 0. The fourth-order valence-corrected chi connectivity index (χ4v) is 4.85. The van der Waals surface area contributed by atoms with Crippen LogP contribution >= 0.6 is 7.82 Å². The van der Waals surface area contributed by atoms with E-state index >= 15 is 0 Å². The number of aliphatic hydroxyl groups is 2. The lowest BCUT2D eigenvalue weighted by molar-refractivity contribution is -0.216. The van der Waals surface area contributed by atoms with Gasteiger partial charge in [-0.1, -0.05) is 53.0 Å². The minimum Gasteiger partial charge on any atom is -0.358 e. The molecule has 11 heteroatoms. The number of rotatable bonds is 18. The molecule has 3 N–H and O–H groups in total. The van der Waals surface area contributed by atoms with Gasteiger partial charge in [-0.15, -0.1) is 0 Å². The Morgan fingerprint density at radius 3 is 1.16 bits per heavy atom. The number of phosphoric ester groups is 1. The van der Waals surface area contributed by atoms with E-state index in [1.165, 1.54) is 27.7 Å². The fourth-order valence-electron chi connectivity index (χ4n) is 3.69. The molecule has 0 heterocycles. The van der Waals surface area contributed by atoms with Crippen molar-refractivity contribution in [3.05, 3.63) is 48.6 Å². The third-order valence-electron chi connectivity index (χ3n) is 5.51. The molecule has 0 rings (SSSR count). The summed E-state index contributed by atoms with van der Waals surface area (Å²) in [5.74, 6) is -14.3. The van der Waals surface area contributed by atoms with Crippen molar-refractivity contribution in [3.8, 4) is 0 Å². The normalized spacial score (nSPS) is 17.8. The van der Waals surface area contributed by atoms with Gasteiger partial charge in [-0.25, -0.2) is 13.6 Å². The number of hydrogen-bond donors (Lipinski definition) is 3. The Morgan fingerprint density at radius 1 is 0.703 bits per heavy atom. The first-order chi connectivity index (χ1) is 16.7. The molecule has 0 aromatic rings. The molecule has 0 aliphatic heterocycles. The highest BCUT2D eigenvalue weighted by Gasteiger charge is 2.58. The largest absolute Gasteiger partial charge is 0.478 e. The molecule has 10 nitrogen and oxygen atoms in total. The van der Waals surface area contributed by atoms with Crippen molar-refractivity contribution in [3.63, 3.8) is 0 Å². The third kappa shape index (κ3) is 8.33. The van der Waals surface area contributed by atoms with Gasteiger partial charge < -0.3 is 15.1 Å². The molecular formula is C26H39O10P. The van der Waals surface area contributed by atoms with Gasteiger partial charge in [-0.3, -0.25) is 19.2 Å². The molecule has 0 spiro atoms. The molecule has 4 atom stereocenters. The number of carbonyl (C=O) groups is 4. The van der Waals surface area contributed by atoms with Crippen LogP contribution in [0.2, 0.25) is 0 Å². The van der Waals surface area contributed by atoms with E-state index in [0.29, 0.717) is 0 Å². The van der Waals surface area contributed by atoms with Crippen LogP contribution in [-0.4, -0.2) is 49.8 Å². The maximum absolute atomic E-state index is 13.3. The van der Waals surface area contributed by atoms with Gasteiger partial charge in [-0.05, 0) is 62.8 Å². The van der Waals surface area contributed by atoms with Gasteiger partial charge in [0.15, 0.2) is 11.6 Å². The highest BCUT2D eigenvalue weighted by atomic mass is 31.2. The van der Waals surface area contributed by atoms with Crippen LogP contribution in [0.3, 0.4) is 0 Å². The second kappa shape index (κ2) is 13.5. The summed E-state index contributed by atoms with van der Waals surface area (Å²) in [7, 11) is -5.81. The predicted octanol–water partition coefficient (Wildman–Crippen LogP) is 3.91. The van der Waals surface area contributed by atoms with Crippen molar-refractivity contribution in [1.82, 2.24) is 0 Å². The van der Waals surface area contributed by atoms with E-state index in [2.05, 4.69) is 26.3 Å². The van der Waals surface area contributed by atoms with Gasteiger partial charge in [0.2, 0.25) is 11.6 Å². The molecule has 4 unspecified atom stereocenters. The van der Waals surface area contributed by atoms with Crippen molar-refractivity contribution in [2.75, 3.05) is 0 Å². The van der Waals surface area contributed by atoms with Crippen LogP contribution in [0.4, 0.5) is 0 Å². The Kier molecular flexibility index (Phi) is 12.6. The van der Waals surface area contributed by atoms with Gasteiger partial charge in [0.05, 0.1) is 11.8 Å². The second-order valence-electron chi connectivity index (χ2n) is 9.23. The van der Waals surface area contributed by atoms with Crippen molar-refractivity contribution in [1.29, 1.82) is 0 Å². The summed E-state index contributed by atoms with van der Waals surface area (Å²) < 4.78 is 23.1. The lowest BCUT2D eigenvalue weighted by Crippen LogP contribution is -2.54. The van der Waals surface area contributed by atoms with Crippen LogP contribution in [0.5, 0.6) is 0 Å². The smallest absolute Gasteiger partial charge is 0.358 e. The van der Waals surface area contributed by atoms with E-state index in [0.717, 1.165) is 0 Å². The molecule has 0 saturated carbocycles. The van der Waals surface area contributed by atoms with Crippen LogP contribution in [-0.2, 0) is 32.8 Å². The molecule has 208 valence electrons. The number of Topliss-reactive ketones (excluding diaryl/α,β-unsaturated/α-hetero) is 4. The first-order valence-electron chi connectivity index (χ1n) is 11.7. The third-order valence-corrected chi connectivity index (χ3v) is 6.53. The summed E-state index contributed by atoms with van der Waals surface area (Å²) in [6, 6.07) is 0. The molecule has 0 aromatic heterocycles. The summed E-state index contributed by atoms with van der Waals surface area (Å²) in [6.45, 7) is 22.1. The van der Waals surface area contributed by atoms with E-state index < -0.39 is 54.4 Å². The molecule has 0 aliphatic rings. The lowest BCUT2D eigenvalue weighted by atomic mass is 9.83. The maximum Gasteiger partial charge on any atom is 0.478 e. The number of ketones is 4. The van der Waals surface area contributed by atoms with E-state index in [1.54, 1.807) is 13.8 Å². The summed E-state index contributed by atoms with van der Waals surface area (Å²) in [4.78, 5) is 62.3. The molecule has 0 aromatic carbocycles. The van der Waals surface area contributed by atoms with Crippen molar-refractivity contribution >= 4 is 31.0 Å². The van der Waals surface area contributed by atoms with Gasteiger partial charge in [0.1, 0.15) is 0 Å². The second-order valence-corrected chi connectivity index (χ2v) is 10.5. The van der Waals surface area contributed by atoms with Gasteiger partial charge in [-0.2, -0.15) is 0 Å². The highest BCUT2D eigenvalue weighted by Crippen LogP contribution is 2.54. The van der Waals surface area contributed by atoms with Crippen LogP contribution in [0.25, 0.3) is 0 Å². The van der Waals surface area contributed by atoms with E-state index in [4.69, 9.17) is 9.05 Å². The molecule has 37 heavy (non-hydrogen) atoms. The molecule has 0 aliphatic carbocycles. The van der Waals surface area contributed by atoms with Crippen LogP contribution < -0.4 is 0 Å². The number of hydrogen-bond acceptors (Lipinski definition) is 9. The van der Waals surface area contributed by atoms with E-state index in [-0.39, 0.29) is 48.0 Å². The Balaban J connectivity index is 7.00. The Bertz CT molecular complexity index is 964. The van der Waals surface area contributed by atoms with Gasteiger partial charge in [0.25, 0.3) is 11.6 Å².